The Morgan fingerprint density at radius 1 is 1.00 bits per heavy atom. The molecular weight excluding hydrogens is 763 g/mol. The molecule has 1 amide bonds. The van der Waals surface area contributed by atoms with Crippen LogP contribution < -0.4 is 14.5 Å². The maximum absolute atomic E-state index is 14.3. The van der Waals surface area contributed by atoms with E-state index in [1.54, 1.807) is 9.80 Å². The minimum absolute atomic E-state index is 0.0182. The summed E-state index contributed by atoms with van der Waals surface area (Å²) in [5.41, 5.74) is 1.29. The van der Waals surface area contributed by atoms with Crippen LogP contribution in [0.25, 0.3) is 0 Å². The van der Waals surface area contributed by atoms with E-state index < -0.39 is 32.2 Å². The molecule has 0 unspecified atom stereocenters. The first kappa shape index (κ1) is 41.5. The number of hydrogen-bond acceptors (Lipinski definition) is 10. The van der Waals surface area contributed by atoms with Crippen LogP contribution in [0.4, 0.5) is 29.5 Å². The number of halogens is 4. The lowest BCUT2D eigenvalue weighted by Crippen LogP contribution is -2.55. The number of benzene rings is 2. The van der Waals surface area contributed by atoms with Gasteiger partial charge < -0.3 is 28.6 Å². The predicted molar refractivity (Wildman–Crippen MR) is 211 cm³/mol. The van der Waals surface area contributed by atoms with Crippen molar-refractivity contribution in [3.63, 3.8) is 0 Å². The molecule has 0 saturated carbocycles. The third-order valence-corrected chi connectivity index (χ3v) is 16.4. The lowest BCUT2D eigenvalue weighted by molar-refractivity contribution is -0.137. The van der Waals surface area contributed by atoms with E-state index in [9.17, 15) is 23.2 Å². The number of carbonyl (C=O) groups excluding carboxylic acids is 1. The van der Waals surface area contributed by atoms with Gasteiger partial charge in [-0.3, -0.25) is 4.90 Å². The zero-order chi connectivity index (χ0) is 40.4. The first-order chi connectivity index (χ1) is 26.4. The number of fused-ring (bicyclic) bond motifs is 1. The fourth-order valence-corrected chi connectivity index (χ4v) is 9.05. The van der Waals surface area contributed by atoms with Crippen molar-refractivity contribution in [3.05, 3.63) is 75.9 Å². The van der Waals surface area contributed by atoms with Gasteiger partial charge in [0.15, 0.2) is 8.32 Å². The molecule has 0 N–H and O–H groups in total. The molecule has 2 saturated heterocycles. The fraction of sp³-hybridized carbons (Fsp3) is 0.550. The van der Waals surface area contributed by atoms with Crippen molar-refractivity contribution in [2.24, 2.45) is 0 Å². The predicted octanol–water partition coefficient (Wildman–Crippen LogP) is 7.93. The molecule has 56 heavy (non-hydrogen) atoms. The molecule has 6 rings (SSSR count). The van der Waals surface area contributed by atoms with Crippen LogP contribution in [0.15, 0.2) is 48.5 Å². The molecule has 1 aromatic heterocycles. The summed E-state index contributed by atoms with van der Waals surface area (Å²) in [4.78, 5) is 30.5. The smallest absolute Gasteiger partial charge is 0.419 e. The van der Waals surface area contributed by atoms with Gasteiger partial charge in [-0.25, -0.2) is 4.79 Å². The van der Waals surface area contributed by atoms with Crippen molar-refractivity contribution in [1.82, 2.24) is 19.8 Å². The number of nitrogens with zero attached hydrogens (tertiary/aromatic N) is 7. The number of anilines is 2. The third kappa shape index (κ3) is 9.36. The quantitative estimate of drug-likeness (QED) is 0.188. The molecule has 3 aliphatic rings. The Balaban J connectivity index is 1.25. The average Bonchev–Trinajstić information content (AvgIpc) is 3.49. The SMILES string of the molecule is CN1C[C@H](O[Si](C)(C)C(C)(C)C)C[C@H]1COc1nc2c(c(N3CCN(C(=O)OCc4ccccc4)[C@@H](CC#N)C3)n1)CCN(c1cccc(Cl)c1C(F)(F)F)C2. The van der Waals surface area contributed by atoms with Crippen LogP contribution in [0, 0.1) is 11.3 Å². The van der Waals surface area contributed by atoms with Gasteiger partial charge in [-0.2, -0.15) is 28.4 Å². The summed E-state index contributed by atoms with van der Waals surface area (Å²) in [6.07, 6.45) is -3.89. The number of piperazine rings is 1. The van der Waals surface area contributed by atoms with Gasteiger partial charge >= 0.3 is 18.3 Å². The summed E-state index contributed by atoms with van der Waals surface area (Å²) < 4.78 is 61.6. The minimum atomic E-state index is -4.66. The number of rotatable bonds is 10. The Kier molecular flexibility index (Phi) is 12.4. The summed E-state index contributed by atoms with van der Waals surface area (Å²) in [7, 11) is 0.0533. The molecule has 3 aliphatic heterocycles. The number of amides is 1. The van der Waals surface area contributed by atoms with E-state index in [0.717, 1.165) is 24.1 Å². The van der Waals surface area contributed by atoms with E-state index in [4.69, 9.17) is 35.5 Å². The monoisotopic (exact) mass is 813 g/mol. The van der Waals surface area contributed by atoms with E-state index in [-0.39, 0.29) is 66.6 Å². The maximum atomic E-state index is 14.3. The lowest BCUT2D eigenvalue weighted by Gasteiger charge is -2.42. The summed E-state index contributed by atoms with van der Waals surface area (Å²) in [6.45, 7) is 13.6. The fourth-order valence-electron chi connectivity index (χ4n) is 7.42. The summed E-state index contributed by atoms with van der Waals surface area (Å²) in [5.74, 6) is 0.589. The zero-order valence-corrected chi connectivity index (χ0v) is 34.7. The molecule has 3 atom stereocenters. The molecular formula is C40H51ClF3N7O4Si. The van der Waals surface area contributed by atoms with Crippen LogP contribution in [0.5, 0.6) is 6.01 Å². The minimum Gasteiger partial charge on any atom is -0.462 e. The van der Waals surface area contributed by atoms with E-state index in [2.05, 4.69) is 44.8 Å². The Bertz CT molecular complexity index is 1910. The third-order valence-electron chi connectivity index (χ3n) is 11.5. The molecule has 0 bridgehead atoms. The first-order valence-electron chi connectivity index (χ1n) is 19.1. The van der Waals surface area contributed by atoms with Gasteiger partial charge in [0, 0.05) is 44.3 Å². The normalized spacial score (nSPS) is 20.8. The van der Waals surface area contributed by atoms with Crippen LogP contribution in [0.1, 0.15) is 56.0 Å². The highest BCUT2D eigenvalue weighted by Gasteiger charge is 2.43. The summed E-state index contributed by atoms with van der Waals surface area (Å²) in [5, 5.41) is 9.48. The largest absolute Gasteiger partial charge is 0.462 e. The standard InChI is InChI=1S/C40H51ClF3N7O4Si/c1-39(2,3)56(5,6)55-30-21-29(48(4)23-30)26-53-37-46-33-24-49(34-14-10-13-32(41)35(34)40(42,43)44)18-16-31(33)36(47-37)50-19-20-51(28(22-50)15-17-45)38(52)54-25-27-11-8-7-9-12-27/h7-14,28-30H,15-16,18-26H2,1-6H3/t28-,29-,30+/m0/s1. The van der Waals surface area contributed by atoms with Crippen LogP contribution in [-0.2, 0) is 34.9 Å². The van der Waals surface area contributed by atoms with E-state index in [0.29, 0.717) is 37.6 Å². The molecule has 0 spiro atoms. The number of carbonyl (C=O) groups is 1. The highest BCUT2D eigenvalue weighted by atomic mass is 35.5. The van der Waals surface area contributed by atoms with Crippen molar-refractivity contribution in [2.45, 2.75) is 95.7 Å². The van der Waals surface area contributed by atoms with Crippen LogP contribution in [-0.4, -0.2) is 98.7 Å². The van der Waals surface area contributed by atoms with Crippen molar-refractivity contribution >= 4 is 37.5 Å². The molecule has 0 aliphatic carbocycles. The summed E-state index contributed by atoms with van der Waals surface area (Å²) in [6, 6.07) is 15.5. The number of ether oxygens (including phenoxy) is 2. The molecule has 0 radical (unpaired) electrons. The van der Waals surface area contributed by atoms with Crippen molar-refractivity contribution in [2.75, 3.05) is 56.2 Å². The second-order valence-electron chi connectivity index (χ2n) is 16.4. The Morgan fingerprint density at radius 2 is 1.75 bits per heavy atom. The molecule has 2 fully saturated rings. The van der Waals surface area contributed by atoms with E-state index >= 15 is 0 Å². The zero-order valence-electron chi connectivity index (χ0n) is 32.9. The van der Waals surface area contributed by atoms with E-state index in [1.165, 1.54) is 18.2 Å². The molecule has 16 heteroatoms. The topological polar surface area (TPSA) is 107 Å². The van der Waals surface area contributed by atoms with Gasteiger partial charge in [-0.05, 0) is 55.7 Å². The maximum Gasteiger partial charge on any atom is 0.419 e. The first-order valence-corrected chi connectivity index (χ1v) is 22.3. The molecule has 11 nitrogen and oxygen atoms in total. The van der Waals surface area contributed by atoms with Gasteiger partial charge in [0.25, 0.3) is 0 Å². The van der Waals surface area contributed by atoms with Crippen molar-refractivity contribution < 1.29 is 31.9 Å². The number of nitriles is 1. The van der Waals surface area contributed by atoms with Crippen LogP contribution in [0.3, 0.4) is 0 Å². The Morgan fingerprint density at radius 3 is 2.45 bits per heavy atom. The number of alkyl halides is 3. The van der Waals surface area contributed by atoms with E-state index in [1.807, 2.05) is 42.3 Å². The van der Waals surface area contributed by atoms with Crippen LogP contribution >= 0.6 is 11.6 Å². The van der Waals surface area contributed by atoms with Gasteiger partial charge in [0.2, 0.25) is 0 Å². The number of aromatic nitrogens is 2. The van der Waals surface area contributed by atoms with Gasteiger partial charge in [0.05, 0.1) is 53.1 Å². The number of likely N-dealkylation sites (tertiary alicyclic amines) is 1. The van der Waals surface area contributed by atoms with Crippen molar-refractivity contribution in [3.8, 4) is 12.1 Å². The Hall–Kier alpha value is -4.10. The molecule has 3 aromatic rings. The van der Waals surface area contributed by atoms with Gasteiger partial charge in [-0.15, -0.1) is 0 Å². The van der Waals surface area contributed by atoms with Gasteiger partial charge in [0.1, 0.15) is 19.0 Å². The van der Waals surface area contributed by atoms with Crippen molar-refractivity contribution in [1.29, 1.82) is 5.26 Å². The molecule has 2 aromatic carbocycles. The summed E-state index contributed by atoms with van der Waals surface area (Å²) >= 11 is 6.12. The second kappa shape index (κ2) is 16.8. The number of hydrogen-bond donors (Lipinski definition) is 0. The average molecular weight is 814 g/mol. The second-order valence-corrected chi connectivity index (χ2v) is 21.6. The molecule has 4 heterocycles. The Labute approximate surface area is 333 Å². The van der Waals surface area contributed by atoms with Gasteiger partial charge in [-0.1, -0.05) is 68.8 Å². The van der Waals surface area contributed by atoms with Crippen LogP contribution in [0.2, 0.25) is 23.2 Å². The lowest BCUT2D eigenvalue weighted by atomic mass is 10.0. The number of likely N-dealkylation sites (N-methyl/N-ethyl adjacent to an activating group) is 1. The highest BCUT2D eigenvalue weighted by Crippen LogP contribution is 2.43. The highest BCUT2D eigenvalue weighted by molar-refractivity contribution is 6.74. The molecule has 302 valence electrons.